The van der Waals surface area contributed by atoms with Crippen LogP contribution in [0.4, 0.5) is 0 Å². The van der Waals surface area contributed by atoms with Gasteiger partial charge >= 0.3 is 5.97 Å². The standard InChI is InChI=1S/C26H29NO3/c1-14-8-10-21(12-16(14)3)24-20(7)27(22-11-9-15(2)17(4)13-22)25(28)18(5)23(24)19(6)26(29)30/h8-13,19H,1-7H3,(H,29,30). The Morgan fingerprint density at radius 3 is 1.97 bits per heavy atom. The molecule has 0 aliphatic rings. The Labute approximate surface area is 177 Å². The van der Waals surface area contributed by atoms with Gasteiger partial charge in [0.1, 0.15) is 0 Å². The molecule has 1 atom stereocenters. The molecule has 0 spiro atoms. The Hall–Kier alpha value is -3.14. The number of carboxylic acid groups (broad SMARTS) is 1. The minimum atomic E-state index is -0.939. The summed E-state index contributed by atoms with van der Waals surface area (Å²) >= 11 is 0. The van der Waals surface area contributed by atoms with Crippen molar-refractivity contribution in [2.24, 2.45) is 0 Å². The van der Waals surface area contributed by atoms with Crippen molar-refractivity contribution in [3.05, 3.63) is 85.8 Å². The number of carboxylic acids is 1. The molecule has 1 N–H and O–H groups in total. The minimum Gasteiger partial charge on any atom is -0.481 e. The largest absolute Gasteiger partial charge is 0.481 e. The molecule has 1 unspecified atom stereocenters. The van der Waals surface area contributed by atoms with Gasteiger partial charge in [-0.2, -0.15) is 0 Å². The summed E-state index contributed by atoms with van der Waals surface area (Å²) in [6.45, 7) is 13.4. The van der Waals surface area contributed by atoms with Crippen molar-refractivity contribution < 1.29 is 9.90 Å². The molecule has 0 radical (unpaired) electrons. The summed E-state index contributed by atoms with van der Waals surface area (Å²) in [5.74, 6) is -1.73. The van der Waals surface area contributed by atoms with E-state index in [-0.39, 0.29) is 5.56 Å². The summed E-state index contributed by atoms with van der Waals surface area (Å²) in [6, 6.07) is 12.1. The highest BCUT2D eigenvalue weighted by atomic mass is 16.4. The number of hydrogen-bond acceptors (Lipinski definition) is 2. The summed E-state index contributed by atoms with van der Waals surface area (Å²) in [6.07, 6.45) is 0. The first kappa shape index (κ1) is 21.6. The highest BCUT2D eigenvalue weighted by molar-refractivity contribution is 5.83. The Kier molecular flexibility index (Phi) is 5.71. The summed E-state index contributed by atoms with van der Waals surface area (Å²) in [7, 11) is 0. The number of aryl methyl sites for hydroxylation is 4. The van der Waals surface area contributed by atoms with E-state index in [0.717, 1.165) is 39.2 Å². The fourth-order valence-electron chi connectivity index (χ4n) is 4.03. The van der Waals surface area contributed by atoms with Crippen molar-refractivity contribution in [2.45, 2.75) is 54.4 Å². The van der Waals surface area contributed by atoms with Gasteiger partial charge in [0, 0.05) is 22.5 Å². The molecule has 2 aromatic carbocycles. The van der Waals surface area contributed by atoms with E-state index in [1.54, 1.807) is 18.4 Å². The van der Waals surface area contributed by atoms with Gasteiger partial charge < -0.3 is 5.11 Å². The lowest BCUT2D eigenvalue weighted by atomic mass is 9.86. The second-order valence-electron chi connectivity index (χ2n) is 8.27. The number of hydrogen-bond donors (Lipinski definition) is 1. The molecule has 0 amide bonds. The summed E-state index contributed by atoms with van der Waals surface area (Å²) < 4.78 is 1.71. The zero-order chi connectivity index (χ0) is 22.3. The van der Waals surface area contributed by atoms with Crippen LogP contribution in [0.3, 0.4) is 0 Å². The van der Waals surface area contributed by atoms with E-state index in [4.69, 9.17) is 0 Å². The third-order valence-corrected chi connectivity index (χ3v) is 6.24. The number of aliphatic carboxylic acids is 1. The Morgan fingerprint density at radius 1 is 0.867 bits per heavy atom. The van der Waals surface area contributed by atoms with E-state index in [0.29, 0.717) is 11.1 Å². The average Bonchev–Trinajstić information content (AvgIpc) is 2.69. The predicted octanol–water partition coefficient (Wildman–Crippen LogP) is 5.54. The van der Waals surface area contributed by atoms with Gasteiger partial charge in [0.25, 0.3) is 5.56 Å². The Balaban J connectivity index is 2.47. The first-order valence-electron chi connectivity index (χ1n) is 10.2. The number of nitrogens with zero attached hydrogens (tertiary/aromatic N) is 1. The van der Waals surface area contributed by atoms with Crippen LogP contribution in [0.15, 0.2) is 41.2 Å². The average molecular weight is 404 g/mol. The topological polar surface area (TPSA) is 59.3 Å². The molecule has 4 heteroatoms. The van der Waals surface area contributed by atoms with Gasteiger partial charge in [-0.3, -0.25) is 14.2 Å². The molecule has 4 nitrogen and oxygen atoms in total. The van der Waals surface area contributed by atoms with Crippen molar-refractivity contribution in [2.75, 3.05) is 0 Å². The highest BCUT2D eigenvalue weighted by Gasteiger charge is 2.26. The van der Waals surface area contributed by atoms with Gasteiger partial charge in [-0.05, 0) is 94.0 Å². The maximum Gasteiger partial charge on any atom is 0.310 e. The molecule has 156 valence electrons. The zero-order valence-corrected chi connectivity index (χ0v) is 18.8. The SMILES string of the molecule is Cc1ccc(-c2c(C(C)C(=O)O)c(C)c(=O)n(-c3ccc(C)c(C)c3)c2C)cc1C. The lowest BCUT2D eigenvalue weighted by Gasteiger charge is -2.23. The Morgan fingerprint density at radius 2 is 1.43 bits per heavy atom. The fraction of sp³-hybridized carbons (Fsp3) is 0.308. The second kappa shape index (κ2) is 7.94. The third kappa shape index (κ3) is 3.58. The maximum absolute atomic E-state index is 13.4. The number of rotatable bonds is 4. The molecule has 0 aliphatic heterocycles. The van der Waals surface area contributed by atoms with E-state index in [9.17, 15) is 14.7 Å². The van der Waals surface area contributed by atoms with Crippen molar-refractivity contribution >= 4 is 5.97 Å². The van der Waals surface area contributed by atoms with Crippen LogP contribution in [0.1, 0.15) is 51.9 Å². The van der Waals surface area contributed by atoms with Crippen molar-refractivity contribution in [3.63, 3.8) is 0 Å². The van der Waals surface area contributed by atoms with Crippen LogP contribution in [-0.2, 0) is 4.79 Å². The Bertz CT molecular complexity index is 1220. The summed E-state index contributed by atoms with van der Waals surface area (Å²) in [4.78, 5) is 25.3. The highest BCUT2D eigenvalue weighted by Crippen LogP contribution is 2.35. The van der Waals surface area contributed by atoms with Crippen LogP contribution in [0.2, 0.25) is 0 Å². The number of aromatic nitrogens is 1. The maximum atomic E-state index is 13.4. The smallest absolute Gasteiger partial charge is 0.310 e. The number of benzene rings is 2. The predicted molar refractivity (Wildman–Crippen MR) is 122 cm³/mol. The molecular formula is C26H29NO3. The van der Waals surface area contributed by atoms with Gasteiger partial charge in [0.2, 0.25) is 0 Å². The molecule has 3 rings (SSSR count). The van der Waals surface area contributed by atoms with E-state index in [1.807, 2.05) is 65.0 Å². The third-order valence-electron chi connectivity index (χ3n) is 6.24. The molecular weight excluding hydrogens is 374 g/mol. The van der Waals surface area contributed by atoms with Crippen LogP contribution in [0, 0.1) is 41.5 Å². The first-order valence-corrected chi connectivity index (χ1v) is 10.2. The first-order chi connectivity index (χ1) is 14.0. The van der Waals surface area contributed by atoms with E-state index in [1.165, 1.54) is 5.56 Å². The second-order valence-corrected chi connectivity index (χ2v) is 8.27. The molecule has 30 heavy (non-hydrogen) atoms. The molecule has 0 fully saturated rings. The number of carbonyl (C=O) groups is 1. The van der Waals surface area contributed by atoms with Gasteiger partial charge in [-0.15, -0.1) is 0 Å². The molecule has 0 saturated carbocycles. The van der Waals surface area contributed by atoms with Gasteiger partial charge in [-0.1, -0.05) is 24.3 Å². The molecule has 0 saturated heterocycles. The zero-order valence-electron chi connectivity index (χ0n) is 18.8. The quantitative estimate of drug-likeness (QED) is 0.622. The van der Waals surface area contributed by atoms with E-state index >= 15 is 0 Å². The van der Waals surface area contributed by atoms with Crippen LogP contribution in [0.25, 0.3) is 16.8 Å². The van der Waals surface area contributed by atoms with Gasteiger partial charge in [-0.25, -0.2) is 0 Å². The molecule has 1 heterocycles. The lowest BCUT2D eigenvalue weighted by molar-refractivity contribution is -0.138. The monoisotopic (exact) mass is 403 g/mol. The molecule has 0 aliphatic carbocycles. The van der Waals surface area contributed by atoms with Gasteiger partial charge in [0.05, 0.1) is 5.92 Å². The summed E-state index contributed by atoms with van der Waals surface area (Å²) in [5, 5.41) is 9.76. The van der Waals surface area contributed by atoms with Crippen LogP contribution < -0.4 is 5.56 Å². The van der Waals surface area contributed by atoms with Crippen LogP contribution in [0.5, 0.6) is 0 Å². The normalized spacial score (nSPS) is 12.1. The van der Waals surface area contributed by atoms with E-state index < -0.39 is 11.9 Å². The summed E-state index contributed by atoms with van der Waals surface area (Å²) in [5.41, 5.74) is 8.75. The van der Waals surface area contributed by atoms with Crippen LogP contribution >= 0.6 is 0 Å². The van der Waals surface area contributed by atoms with Gasteiger partial charge in [0.15, 0.2) is 0 Å². The number of pyridine rings is 1. The van der Waals surface area contributed by atoms with Crippen molar-refractivity contribution in [3.8, 4) is 16.8 Å². The fourth-order valence-corrected chi connectivity index (χ4v) is 4.03. The molecule has 3 aromatic rings. The van der Waals surface area contributed by atoms with Crippen molar-refractivity contribution in [1.29, 1.82) is 0 Å². The molecule has 0 bridgehead atoms. The van der Waals surface area contributed by atoms with E-state index in [2.05, 4.69) is 6.07 Å². The van der Waals surface area contributed by atoms with Crippen LogP contribution in [-0.4, -0.2) is 15.6 Å². The minimum absolute atomic E-state index is 0.175. The van der Waals surface area contributed by atoms with Crippen molar-refractivity contribution in [1.82, 2.24) is 4.57 Å². The lowest BCUT2D eigenvalue weighted by Crippen LogP contribution is -2.28. The molecule has 1 aromatic heterocycles.